The first kappa shape index (κ1) is 10.3. The van der Waals surface area contributed by atoms with Crippen molar-refractivity contribution < 1.29 is 0 Å². The highest BCUT2D eigenvalue weighted by Gasteiger charge is 2.17. The van der Waals surface area contributed by atoms with Crippen LogP contribution >= 0.6 is 11.3 Å². The summed E-state index contributed by atoms with van der Waals surface area (Å²) >= 11 is 1.61. The molecule has 0 amide bonds. The lowest BCUT2D eigenvalue weighted by Gasteiger charge is -2.09. The van der Waals surface area contributed by atoms with Crippen molar-refractivity contribution in [2.75, 3.05) is 0 Å². The first-order valence-electron chi connectivity index (χ1n) is 4.58. The van der Waals surface area contributed by atoms with Crippen LogP contribution in [0, 0.1) is 6.92 Å². The van der Waals surface area contributed by atoms with Crippen LogP contribution in [0.5, 0.6) is 0 Å². The maximum Gasteiger partial charge on any atom is 0.108 e. The number of hydrogen-bond acceptors (Lipinski definition) is 5. The fourth-order valence-corrected chi connectivity index (χ4v) is 2.06. The summed E-state index contributed by atoms with van der Waals surface area (Å²) in [6, 6.07) is 1.80. The van der Waals surface area contributed by atoms with E-state index >= 15 is 0 Å². The lowest BCUT2D eigenvalue weighted by atomic mass is 10.2. The van der Waals surface area contributed by atoms with Gasteiger partial charge in [-0.3, -0.25) is 10.5 Å². The van der Waals surface area contributed by atoms with E-state index < -0.39 is 0 Å². The fourth-order valence-electron chi connectivity index (χ4n) is 1.42. The summed E-state index contributed by atoms with van der Waals surface area (Å²) in [6.07, 6.45) is 1.89. The van der Waals surface area contributed by atoms with Gasteiger partial charge in [0.05, 0.1) is 16.4 Å². The van der Waals surface area contributed by atoms with E-state index in [1.807, 2.05) is 31.6 Å². The van der Waals surface area contributed by atoms with E-state index in [1.54, 1.807) is 16.0 Å². The van der Waals surface area contributed by atoms with Gasteiger partial charge in [-0.1, -0.05) is 0 Å². The molecular formula is C9H13N5S. The van der Waals surface area contributed by atoms with Gasteiger partial charge in [0.2, 0.25) is 0 Å². The van der Waals surface area contributed by atoms with E-state index in [0.29, 0.717) is 0 Å². The lowest BCUT2D eigenvalue weighted by Crippen LogP contribution is -2.29. The van der Waals surface area contributed by atoms with E-state index in [1.165, 1.54) is 0 Å². The SMILES string of the molecule is Cc1nc(C(NN)c2ccn(C)n2)cs1. The van der Waals surface area contributed by atoms with Crippen molar-refractivity contribution in [1.82, 2.24) is 20.2 Å². The van der Waals surface area contributed by atoms with E-state index in [9.17, 15) is 0 Å². The largest absolute Gasteiger partial charge is 0.275 e. The van der Waals surface area contributed by atoms with Crippen molar-refractivity contribution in [3.05, 3.63) is 34.0 Å². The smallest absolute Gasteiger partial charge is 0.108 e. The molecule has 2 heterocycles. The minimum atomic E-state index is -0.129. The van der Waals surface area contributed by atoms with Gasteiger partial charge in [-0.15, -0.1) is 11.3 Å². The van der Waals surface area contributed by atoms with Crippen LogP contribution < -0.4 is 11.3 Å². The highest BCUT2D eigenvalue weighted by atomic mass is 32.1. The van der Waals surface area contributed by atoms with Gasteiger partial charge in [0.15, 0.2) is 0 Å². The summed E-state index contributed by atoms with van der Waals surface area (Å²) in [5, 5.41) is 7.33. The molecule has 0 saturated carbocycles. The second kappa shape index (κ2) is 4.09. The Bertz CT molecular complexity index is 407. The molecule has 1 atom stereocenters. The molecular weight excluding hydrogens is 210 g/mol. The quantitative estimate of drug-likeness (QED) is 0.595. The molecule has 2 aromatic rings. The molecule has 80 valence electrons. The first-order valence-corrected chi connectivity index (χ1v) is 5.46. The molecule has 0 bridgehead atoms. The minimum absolute atomic E-state index is 0.129. The third kappa shape index (κ3) is 2.06. The molecule has 5 nitrogen and oxygen atoms in total. The first-order chi connectivity index (χ1) is 7.20. The van der Waals surface area contributed by atoms with Gasteiger partial charge in [-0.05, 0) is 13.0 Å². The van der Waals surface area contributed by atoms with Crippen LogP contribution in [0.1, 0.15) is 22.4 Å². The zero-order chi connectivity index (χ0) is 10.8. The zero-order valence-corrected chi connectivity index (χ0v) is 9.45. The van der Waals surface area contributed by atoms with Gasteiger partial charge in [0.25, 0.3) is 0 Å². The monoisotopic (exact) mass is 223 g/mol. The predicted octanol–water partition coefficient (Wildman–Crippen LogP) is 0.738. The fraction of sp³-hybridized carbons (Fsp3) is 0.333. The molecule has 0 fully saturated rings. The molecule has 0 radical (unpaired) electrons. The Labute approximate surface area is 91.9 Å². The number of aromatic nitrogens is 3. The van der Waals surface area contributed by atoms with Crippen LogP contribution in [0.25, 0.3) is 0 Å². The Morgan fingerprint density at radius 2 is 2.33 bits per heavy atom. The van der Waals surface area contributed by atoms with Crippen molar-refractivity contribution in [1.29, 1.82) is 0 Å². The highest BCUT2D eigenvalue weighted by Crippen LogP contribution is 2.21. The summed E-state index contributed by atoms with van der Waals surface area (Å²) in [5.74, 6) is 5.52. The van der Waals surface area contributed by atoms with Crippen molar-refractivity contribution >= 4 is 11.3 Å². The number of nitrogens with one attached hydrogen (secondary N) is 1. The molecule has 0 aromatic carbocycles. The zero-order valence-electron chi connectivity index (χ0n) is 8.64. The number of rotatable bonds is 3. The molecule has 15 heavy (non-hydrogen) atoms. The summed E-state index contributed by atoms with van der Waals surface area (Å²) in [4.78, 5) is 4.39. The number of thiazole rings is 1. The van der Waals surface area contributed by atoms with Crippen molar-refractivity contribution in [2.45, 2.75) is 13.0 Å². The molecule has 2 aromatic heterocycles. The van der Waals surface area contributed by atoms with Gasteiger partial charge in [-0.2, -0.15) is 5.10 Å². The summed E-state index contributed by atoms with van der Waals surface area (Å²) in [6.45, 7) is 1.97. The number of aryl methyl sites for hydroxylation is 2. The molecule has 0 saturated heterocycles. The Morgan fingerprint density at radius 1 is 1.53 bits per heavy atom. The maximum absolute atomic E-state index is 5.52. The standard InChI is InChI=1S/C9H13N5S/c1-6-11-8(5-15-6)9(12-10)7-3-4-14(2)13-7/h3-5,9,12H,10H2,1-2H3. The van der Waals surface area contributed by atoms with Crippen LogP contribution in [0.4, 0.5) is 0 Å². The second-order valence-corrected chi connectivity index (χ2v) is 4.37. The molecule has 2 rings (SSSR count). The third-order valence-corrected chi connectivity index (χ3v) is 2.92. The molecule has 3 N–H and O–H groups in total. The van der Waals surface area contributed by atoms with Gasteiger partial charge in [0.1, 0.15) is 6.04 Å². The molecule has 0 aliphatic heterocycles. The third-order valence-electron chi connectivity index (χ3n) is 2.13. The van der Waals surface area contributed by atoms with Crippen molar-refractivity contribution in [3.63, 3.8) is 0 Å². The average molecular weight is 223 g/mol. The number of hydrazine groups is 1. The summed E-state index contributed by atoms with van der Waals surface area (Å²) in [5.41, 5.74) is 4.53. The molecule has 1 unspecified atom stereocenters. The van der Waals surface area contributed by atoms with E-state index in [2.05, 4.69) is 15.5 Å². The molecule has 0 spiro atoms. The van der Waals surface area contributed by atoms with Crippen LogP contribution in [-0.2, 0) is 7.05 Å². The normalized spacial score (nSPS) is 13.0. The Kier molecular flexibility index (Phi) is 2.81. The van der Waals surface area contributed by atoms with Crippen molar-refractivity contribution in [3.8, 4) is 0 Å². The van der Waals surface area contributed by atoms with Crippen LogP contribution in [0.2, 0.25) is 0 Å². The van der Waals surface area contributed by atoms with Crippen molar-refractivity contribution in [2.24, 2.45) is 12.9 Å². The number of nitrogens with two attached hydrogens (primary N) is 1. The Morgan fingerprint density at radius 3 is 2.80 bits per heavy atom. The number of hydrogen-bond donors (Lipinski definition) is 2. The topological polar surface area (TPSA) is 68.8 Å². The summed E-state index contributed by atoms with van der Waals surface area (Å²) in [7, 11) is 1.88. The van der Waals surface area contributed by atoms with E-state index in [0.717, 1.165) is 16.4 Å². The second-order valence-electron chi connectivity index (χ2n) is 3.31. The van der Waals surface area contributed by atoms with Crippen LogP contribution in [0.15, 0.2) is 17.6 Å². The average Bonchev–Trinajstić information content (AvgIpc) is 2.78. The Balaban J connectivity index is 2.32. The predicted molar refractivity (Wildman–Crippen MR) is 59.2 cm³/mol. The highest BCUT2D eigenvalue weighted by molar-refractivity contribution is 7.09. The lowest BCUT2D eigenvalue weighted by molar-refractivity contribution is 0.592. The van der Waals surface area contributed by atoms with Gasteiger partial charge < -0.3 is 0 Å². The molecule has 0 aliphatic rings. The van der Waals surface area contributed by atoms with Crippen LogP contribution in [-0.4, -0.2) is 14.8 Å². The van der Waals surface area contributed by atoms with Gasteiger partial charge >= 0.3 is 0 Å². The molecule has 6 heteroatoms. The maximum atomic E-state index is 5.52. The van der Waals surface area contributed by atoms with E-state index in [4.69, 9.17) is 5.84 Å². The van der Waals surface area contributed by atoms with Gasteiger partial charge in [0, 0.05) is 18.6 Å². The Hall–Kier alpha value is -1.24. The van der Waals surface area contributed by atoms with Crippen LogP contribution in [0.3, 0.4) is 0 Å². The summed E-state index contributed by atoms with van der Waals surface area (Å²) < 4.78 is 1.75. The molecule has 0 aliphatic carbocycles. The van der Waals surface area contributed by atoms with Gasteiger partial charge in [-0.25, -0.2) is 10.4 Å². The minimum Gasteiger partial charge on any atom is -0.275 e. The number of nitrogens with zero attached hydrogens (tertiary/aromatic N) is 3. The van der Waals surface area contributed by atoms with E-state index in [-0.39, 0.29) is 6.04 Å².